The summed E-state index contributed by atoms with van der Waals surface area (Å²) in [5, 5.41) is 3.82. The molecule has 0 aliphatic rings. The quantitative estimate of drug-likeness (QED) is 0.822. The van der Waals surface area contributed by atoms with Crippen molar-refractivity contribution in [3.8, 4) is 11.5 Å². The van der Waals surface area contributed by atoms with Gasteiger partial charge < -0.3 is 15.0 Å². The third-order valence-corrected chi connectivity index (χ3v) is 2.11. The fraction of sp³-hybridized carbons (Fsp3) is 0.400. The number of nitrogens with zero attached hydrogens (tertiary/aromatic N) is 4. The Labute approximate surface area is 98.0 Å². The van der Waals surface area contributed by atoms with Gasteiger partial charge in [0.2, 0.25) is 11.7 Å². The molecular formula is C10H13N5O2. The number of hydrogen-bond acceptors (Lipinski definition) is 7. The molecule has 0 saturated carbocycles. The molecule has 2 N–H and O–H groups in total. The summed E-state index contributed by atoms with van der Waals surface area (Å²) in [6, 6.07) is 1.29. The van der Waals surface area contributed by atoms with Crippen molar-refractivity contribution in [2.45, 2.75) is 13.0 Å². The van der Waals surface area contributed by atoms with E-state index < -0.39 is 6.04 Å². The second-order valence-electron chi connectivity index (χ2n) is 3.51. The van der Waals surface area contributed by atoms with Gasteiger partial charge in [-0.1, -0.05) is 5.16 Å². The molecule has 2 rings (SSSR count). The maximum absolute atomic E-state index is 5.77. The van der Waals surface area contributed by atoms with Crippen molar-refractivity contribution >= 4 is 0 Å². The first-order valence-electron chi connectivity index (χ1n) is 5.09. The summed E-state index contributed by atoms with van der Waals surface area (Å²) < 4.78 is 9.96. The Morgan fingerprint density at radius 1 is 1.47 bits per heavy atom. The third-order valence-electron chi connectivity index (χ3n) is 2.11. The Morgan fingerprint density at radius 3 is 3.00 bits per heavy atom. The molecule has 2 aromatic heterocycles. The molecule has 0 aliphatic heterocycles. The van der Waals surface area contributed by atoms with Crippen LogP contribution in [0.25, 0.3) is 11.5 Å². The lowest BCUT2D eigenvalue weighted by Gasteiger charge is -2.02. The van der Waals surface area contributed by atoms with Gasteiger partial charge in [0.05, 0.1) is 6.61 Å². The molecule has 0 aromatic carbocycles. The average Bonchev–Trinajstić information content (AvgIpc) is 2.78. The molecule has 1 atom stereocenters. The molecule has 0 saturated heterocycles. The number of aryl methyl sites for hydroxylation is 1. The molecule has 17 heavy (non-hydrogen) atoms. The highest BCUT2D eigenvalue weighted by molar-refractivity contribution is 5.46. The highest BCUT2D eigenvalue weighted by Crippen LogP contribution is 2.15. The van der Waals surface area contributed by atoms with E-state index in [0.717, 1.165) is 0 Å². The molecule has 7 nitrogen and oxygen atoms in total. The number of aromatic nitrogens is 4. The molecule has 1 unspecified atom stereocenters. The summed E-state index contributed by atoms with van der Waals surface area (Å²) in [6.07, 6.45) is 1.64. The van der Waals surface area contributed by atoms with Crippen LogP contribution in [0.15, 0.2) is 16.8 Å². The predicted octanol–water partition coefficient (Wildman–Crippen LogP) is 0.481. The molecule has 0 bridgehead atoms. The summed E-state index contributed by atoms with van der Waals surface area (Å²) in [5.74, 6) is 1.38. The van der Waals surface area contributed by atoms with Gasteiger partial charge in [0.15, 0.2) is 0 Å². The number of hydrogen-bond donors (Lipinski definition) is 1. The zero-order valence-electron chi connectivity index (χ0n) is 9.62. The van der Waals surface area contributed by atoms with Crippen molar-refractivity contribution in [2.75, 3.05) is 13.7 Å². The van der Waals surface area contributed by atoms with Crippen molar-refractivity contribution in [2.24, 2.45) is 5.73 Å². The van der Waals surface area contributed by atoms with Crippen LogP contribution in [0.1, 0.15) is 17.8 Å². The van der Waals surface area contributed by atoms with Gasteiger partial charge in [-0.05, 0) is 13.0 Å². The fourth-order valence-corrected chi connectivity index (χ4v) is 1.32. The Hall–Kier alpha value is -1.86. The SMILES string of the molecule is COCC(N)c1nc(-c2ccnc(C)n2)no1. The van der Waals surface area contributed by atoms with E-state index in [2.05, 4.69) is 20.1 Å². The lowest BCUT2D eigenvalue weighted by atomic mass is 10.3. The molecular weight excluding hydrogens is 222 g/mol. The summed E-state index contributed by atoms with van der Waals surface area (Å²) in [4.78, 5) is 12.4. The summed E-state index contributed by atoms with van der Waals surface area (Å²) in [7, 11) is 1.56. The molecule has 0 amide bonds. The van der Waals surface area contributed by atoms with E-state index >= 15 is 0 Å². The average molecular weight is 235 g/mol. The van der Waals surface area contributed by atoms with Crippen LogP contribution in [-0.4, -0.2) is 33.8 Å². The number of rotatable bonds is 4. The number of ether oxygens (including phenoxy) is 1. The van der Waals surface area contributed by atoms with E-state index in [-0.39, 0.29) is 0 Å². The van der Waals surface area contributed by atoms with Crippen molar-refractivity contribution in [1.29, 1.82) is 0 Å². The normalized spacial score (nSPS) is 12.6. The minimum Gasteiger partial charge on any atom is -0.383 e. The van der Waals surface area contributed by atoms with Crippen LogP contribution in [0.5, 0.6) is 0 Å². The lowest BCUT2D eigenvalue weighted by molar-refractivity contribution is 0.166. The van der Waals surface area contributed by atoms with Gasteiger partial charge in [-0.25, -0.2) is 9.97 Å². The van der Waals surface area contributed by atoms with E-state index in [4.69, 9.17) is 15.0 Å². The fourth-order valence-electron chi connectivity index (χ4n) is 1.32. The number of nitrogens with two attached hydrogens (primary N) is 1. The zero-order chi connectivity index (χ0) is 12.3. The van der Waals surface area contributed by atoms with Gasteiger partial charge in [-0.15, -0.1) is 0 Å². The van der Waals surface area contributed by atoms with Crippen LogP contribution in [0, 0.1) is 6.92 Å². The first-order chi connectivity index (χ1) is 8.20. The molecule has 2 aromatic rings. The summed E-state index contributed by atoms with van der Waals surface area (Å²) in [5.41, 5.74) is 6.38. The standard InChI is InChI=1S/C10H13N5O2/c1-6-12-4-3-8(13-6)9-14-10(17-15-9)7(11)5-16-2/h3-4,7H,5,11H2,1-2H3. The summed E-state index contributed by atoms with van der Waals surface area (Å²) >= 11 is 0. The van der Waals surface area contributed by atoms with Gasteiger partial charge in [0, 0.05) is 13.3 Å². The van der Waals surface area contributed by atoms with Crippen LogP contribution < -0.4 is 5.73 Å². The minimum absolute atomic E-state index is 0.324. The monoisotopic (exact) mass is 235 g/mol. The third kappa shape index (κ3) is 2.63. The highest BCUT2D eigenvalue weighted by Gasteiger charge is 2.16. The van der Waals surface area contributed by atoms with Crippen LogP contribution in [0.2, 0.25) is 0 Å². The van der Waals surface area contributed by atoms with E-state index in [1.54, 1.807) is 26.3 Å². The predicted molar refractivity (Wildman–Crippen MR) is 58.9 cm³/mol. The van der Waals surface area contributed by atoms with Gasteiger partial charge in [0.25, 0.3) is 0 Å². The molecule has 0 fully saturated rings. The Bertz CT molecular complexity index is 499. The van der Waals surface area contributed by atoms with E-state index in [1.807, 2.05) is 0 Å². The minimum atomic E-state index is -0.427. The van der Waals surface area contributed by atoms with Crippen LogP contribution >= 0.6 is 0 Å². The Kier molecular flexibility index (Phi) is 3.40. The first-order valence-corrected chi connectivity index (χ1v) is 5.09. The van der Waals surface area contributed by atoms with Crippen molar-refractivity contribution in [3.63, 3.8) is 0 Å². The van der Waals surface area contributed by atoms with Gasteiger partial charge in [-0.3, -0.25) is 0 Å². The maximum atomic E-state index is 5.77. The Morgan fingerprint density at radius 2 is 2.29 bits per heavy atom. The van der Waals surface area contributed by atoms with Crippen molar-refractivity contribution in [1.82, 2.24) is 20.1 Å². The molecule has 0 spiro atoms. The summed E-state index contributed by atoms with van der Waals surface area (Å²) in [6.45, 7) is 2.12. The molecule has 2 heterocycles. The molecule has 7 heteroatoms. The molecule has 0 aliphatic carbocycles. The van der Waals surface area contributed by atoms with Crippen LogP contribution in [-0.2, 0) is 4.74 Å². The Balaban J connectivity index is 2.23. The van der Waals surface area contributed by atoms with Crippen molar-refractivity contribution in [3.05, 3.63) is 24.0 Å². The van der Waals surface area contributed by atoms with Gasteiger partial charge in [0.1, 0.15) is 17.6 Å². The molecule has 0 radical (unpaired) electrons. The second-order valence-corrected chi connectivity index (χ2v) is 3.51. The highest BCUT2D eigenvalue weighted by atomic mass is 16.5. The largest absolute Gasteiger partial charge is 0.383 e. The van der Waals surface area contributed by atoms with E-state index in [0.29, 0.717) is 29.8 Å². The lowest BCUT2D eigenvalue weighted by Crippen LogP contribution is -2.16. The van der Waals surface area contributed by atoms with E-state index in [9.17, 15) is 0 Å². The van der Waals surface area contributed by atoms with Crippen molar-refractivity contribution < 1.29 is 9.26 Å². The van der Waals surface area contributed by atoms with Crippen LogP contribution in [0.4, 0.5) is 0 Å². The number of methoxy groups -OCH3 is 1. The molecule has 90 valence electrons. The maximum Gasteiger partial charge on any atom is 0.246 e. The van der Waals surface area contributed by atoms with Gasteiger partial charge >= 0.3 is 0 Å². The van der Waals surface area contributed by atoms with Gasteiger partial charge in [-0.2, -0.15) is 4.98 Å². The zero-order valence-corrected chi connectivity index (χ0v) is 9.62. The first kappa shape index (κ1) is 11.6. The van der Waals surface area contributed by atoms with Crippen LogP contribution in [0.3, 0.4) is 0 Å². The second kappa shape index (κ2) is 4.98. The van der Waals surface area contributed by atoms with E-state index in [1.165, 1.54) is 0 Å². The topological polar surface area (TPSA) is 100.0 Å². The smallest absolute Gasteiger partial charge is 0.246 e.